The molecule has 1 aliphatic rings. The van der Waals surface area contributed by atoms with Crippen molar-refractivity contribution >= 4 is 0 Å². The average molecular weight is 257 g/mol. The fourth-order valence-corrected chi connectivity index (χ4v) is 2.68. The maximum atomic E-state index is 5.27. The minimum atomic E-state index is 0.591. The highest BCUT2D eigenvalue weighted by atomic mass is 16.5. The first-order valence-electron chi connectivity index (χ1n) is 6.70. The zero-order valence-electron chi connectivity index (χ0n) is 11.2. The monoisotopic (exact) mass is 257 g/mol. The van der Waals surface area contributed by atoms with Gasteiger partial charge in [-0.2, -0.15) is 0 Å². The van der Waals surface area contributed by atoms with Crippen LogP contribution in [0.3, 0.4) is 0 Å². The molecule has 1 aliphatic heterocycles. The van der Waals surface area contributed by atoms with Crippen molar-refractivity contribution in [2.75, 3.05) is 20.2 Å². The fourth-order valence-electron chi connectivity index (χ4n) is 2.68. The van der Waals surface area contributed by atoms with Crippen molar-refractivity contribution in [1.82, 2.24) is 14.9 Å². The molecule has 0 aliphatic carbocycles. The Balaban J connectivity index is 1.81. The maximum Gasteiger partial charge on any atom is 0.119 e. The van der Waals surface area contributed by atoms with Gasteiger partial charge in [-0.1, -0.05) is 12.1 Å². The highest BCUT2D eigenvalue weighted by molar-refractivity contribution is 5.29. The van der Waals surface area contributed by atoms with Crippen LogP contribution in [0.4, 0.5) is 0 Å². The van der Waals surface area contributed by atoms with E-state index in [0.717, 1.165) is 25.4 Å². The third-order valence-electron chi connectivity index (χ3n) is 3.71. The van der Waals surface area contributed by atoms with Gasteiger partial charge in [-0.25, -0.2) is 4.98 Å². The molecule has 0 amide bonds. The first-order chi connectivity index (χ1) is 9.36. The predicted octanol–water partition coefficient (Wildman–Crippen LogP) is 2.02. The van der Waals surface area contributed by atoms with Crippen LogP contribution in [0.25, 0.3) is 0 Å². The topological polar surface area (TPSA) is 39.1 Å². The summed E-state index contributed by atoms with van der Waals surface area (Å²) in [7, 11) is 1.70. The quantitative estimate of drug-likeness (QED) is 0.910. The Kier molecular flexibility index (Phi) is 3.51. The minimum absolute atomic E-state index is 0.591. The number of ether oxygens (including phenoxy) is 1. The van der Waals surface area contributed by atoms with Gasteiger partial charge in [0.2, 0.25) is 0 Å². The lowest BCUT2D eigenvalue weighted by Gasteiger charge is -2.13. The second-order valence-electron chi connectivity index (χ2n) is 4.99. The lowest BCUT2D eigenvalue weighted by atomic mass is 10.1. The van der Waals surface area contributed by atoms with E-state index in [1.807, 2.05) is 24.7 Å². The number of imidazole rings is 1. The molecule has 1 aromatic heterocycles. The maximum absolute atomic E-state index is 5.27. The van der Waals surface area contributed by atoms with E-state index in [9.17, 15) is 0 Å². The van der Waals surface area contributed by atoms with Gasteiger partial charge >= 0.3 is 0 Å². The molecule has 1 saturated heterocycles. The van der Waals surface area contributed by atoms with E-state index in [4.69, 9.17) is 4.74 Å². The van der Waals surface area contributed by atoms with Crippen LogP contribution in [0.5, 0.6) is 5.75 Å². The van der Waals surface area contributed by atoms with E-state index in [-0.39, 0.29) is 0 Å². The van der Waals surface area contributed by atoms with E-state index in [0.29, 0.717) is 5.92 Å². The number of benzene rings is 1. The van der Waals surface area contributed by atoms with Gasteiger partial charge in [0.1, 0.15) is 5.75 Å². The first-order valence-corrected chi connectivity index (χ1v) is 6.70. The van der Waals surface area contributed by atoms with Crippen LogP contribution in [0.2, 0.25) is 0 Å². The largest absolute Gasteiger partial charge is 0.497 e. The second kappa shape index (κ2) is 5.45. The van der Waals surface area contributed by atoms with Crippen LogP contribution >= 0.6 is 0 Å². The predicted molar refractivity (Wildman–Crippen MR) is 74.6 cm³/mol. The van der Waals surface area contributed by atoms with Crippen LogP contribution in [-0.2, 0) is 6.54 Å². The fraction of sp³-hybridized carbons (Fsp3) is 0.400. The van der Waals surface area contributed by atoms with E-state index < -0.39 is 0 Å². The van der Waals surface area contributed by atoms with Crippen LogP contribution in [-0.4, -0.2) is 29.8 Å². The lowest BCUT2D eigenvalue weighted by Crippen LogP contribution is -2.12. The Morgan fingerprint density at radius 3 is 3.21 bits per heavy atom. The summed E-state index contributed by atoms with van der Waals surface area (Å²) < 4.78 is 7.51. The summed E-state index contributed by atoms with van der Waals surface area (Å²) in [6.07, 6.45) is 5.12. The minimum Gasteiger partial charge on any atom is -0.497 e. The highest BCUT2D eigenvalue weighted by Gasteiger charge is 2.20. The summed E-state index contributed by atoms with van der Waals surface area (Å²) in [5, 5.41) is 3.41. The second-order valence-corrected chi connectivity index (χ2v) is 4.99. The number of aromatic nitrogens is 2. The number of hydrogen-bond donors (Lipinski definition) is 1. The summed E-state index contributed by atoms with van der Waals surface area (Å²) in [6, 6.07) is 8.21. The van der Waals surface area contributed by atoms with Gasteiger partial charge in [0.15, 0.2) is 0 Å². The van der Waals surface area contributed by atoms with Gasteiger partial charge in [0.05, 0.1) is 13.4 Å². The van der Waals surface area contributed by atoms with Crippen molar-refractivity contribution in [1.29, 1.82) is 0 Å². The van der Waals surface area contributed by atoms with Crippen LogP contribution in [0, 0.1) is 0 Å². The van der Waals surface area contributed by atoms with E-state index in [2.05, 4.69) is 27.0 Å². The Morgan fingerprint density at radius 2 is 2.42 bits per heavy atom. The molecule has 1 fully saturated rings. The molecule has 0 radical (unpaired) electrons. The Bertz CT molecular complexity index is 544. The van der Waals surface area contributed by atoms with Gasteiger partial charge in [0, 0.05) is 30.9 Å². The van der Waals surface area contributed by atoms with Crippen LogP contribution in [0.15, 0.2) is 36.8 Å². The SMILES string of the molecule is COc1cccc(Cn2cncc2C2CCNC2)c1. The van der Waals surface area contributed by atoms with E-state index >= 15 is 0 Å². The molecular weight excluding hydrogens is 238 g/mol. The molecule has 1 unspecified atom stereocenters. The number of rotatable bonds is 4. The Morgan fingerprint density at radius 1 is 1.47 bits per heavy atom. The van der Waals surface area contributed by atoms with Crippen molar-refractivity contribution < 1.29 is 4.74 Å². The van der Waals surface area contributed by atoms with Gasteiger partial charge in [0.25, 0.3) is 0 Å². The molecule has 4 heteroatoms. The van der Waals surface area contributed by atoms with Crippen LogP contribution in [0.1, 0.15) is 23.6 Å². The third kappa shape index (κ3) is 2.63. The molecule has 1 aromatic carbocycles. The standard InChI is InChI=1S/C15H19N3O/c1-19-14-4-2-3-12(7-14)10-18-11-17-9-15(18)13-5-6-16-8-13/h2-4,7,9,11,13,16H,5-6,8,10H2,1H3. The Labute approximate surface area is 113 Å². The molecule has 19 heavy (non-hydrogen) atoms. The lowest BCUT2D eigenvalue weighted by molar-refractivity contribution is 0.414. The number of nitrogens with zero attached hydrogens (tertiary/aromatic N) is 2. The summed E-state index contributed by atoms with van der Waals surface area (Å²) in [5.41, 5.74) is 2.57. The van der Waals surface area contributed by atoms with Crippen molar-refractivity contribution in [2.24, 2.45) is 0 Å². The summed E-state index contributed by atoms with van der Waals surface area (Å²) in [6.45, 7) is 3.02. The molecule has 0 saturated carbocycles. The Hall–Kier alpha value is -1.81. The molecule has 4 nitrogen and oxygen atoms in total. The molecule has 2 aromatic rings. The molecule has 2 heterocycles. The van der Waals surface area contributed by atoms with Crippen molar-refractivity contribution in [3.8, 4) is 5.75 Å². The van der Waals surface area contributed by atoms with E-state index in [1.54, 1.807) is 7.11 Å². The zero-order chi connectivity index (χ0) is 13.1. The van der Waals surface area contributed by atoms with E-state index in [1.165, 1.54) is 17.7 Å². The first kappa shape index (κ1) is 12.2. The van der Waals surface area contributed by atoms with Crippen LogP contribution < -0.4 is 10.1 Å². The van der Waals surface area contributed by atoms with Crippen molar-refractivity contribution in [2.45, 2.75) is 18.9 Å². The number of hydrogen-bond acceptors (Lipinski definition) is 3. The van der Waals surface area contributed by atoms with Gasteiger partial charge in [-0.3, -0.25) is 0 Å². The molecule has 1 atom stereocenters. The summed E-state index contributed by atoms with van der Waals surface area (Å²) in [5.74, 6) is 1.50. The molecule has 3 rings (SSSR count). The van der Waals surface area contributed by atoms with Gasteiger partial charge in [-0.05, 0) is 30.7 Å². The molecule has 100 valence electrons. The van der Waals surface area contributed by atoms with Gasteiger partial charge in [-0.15, -0.1) is 0 Å². The van der Waals surface area contributed by atoms with Gasteiger partial charge < -0.3 is 14.6 Å². The molecular formula is C15H19N3O. The zero-order valence-corrected chi connectivity index (χ0v) is 11.2. The summed E-state index contributed by atoms with van der Waals surface area (Å²) >= 11 is 0. The van der Waals surface area contributed by atoms with Crippen molar-refractivity contribution in [3.05, 3.63) is 48.0 Å². The summed E-state index contributed by atoms with van der Waals surface area (Å²) in [4.78, 5) is 4.31. The molecule has 0 bridgehead atoms. The molecule has 0 spiro atoms. The number of methoxy groups -OCH3 is 1. The average Bonchev–Trinajstić information content (AvgIpc) is 3.09. The highest BCUT2D eigenvalue weighted by Crippen LogP contribution is 2.23. The number of nitrogens with one attached hydrogen (secondary N) is 1. The molecule has 1 N–H and O–H groups in total. The third-order valence-corrected chi connectivity index (χ3v) is 3.71. The smallest absolute Gasteiger partial charge is 0.119 e. The normalized spacial score (nSPS) is 18.7. The van der Waals surface area contributed by atoms with Crippen molar-refractivity contribution in [3.63, 3.8) is 0 Å².